The molecule has 0 radical (unpaired) electrons. The smallest absolute Gasteiger partial charge is 0.00960 e. The van der Waals surface area contributed by atoms with Crippen molar-refractivity contribution >= 4 is 0 Å². The zero-order valence-corrected chi connectivity index (χ0v) is 11.4. The lowest BCUT2D eigenvalue weighted by Crippen LogP contribution is -2.35. The van der Waals surface area contributed by atoms with Crippen LogP contribution in [-0.4, -0.2) is 30.1 Å². The molecule has 0 saturated carbocycles. The Bertz CT molecular complexity index is 182. The standard InChI is InChI=1S/C14H30N2/c1-4-14-8-7-13(3)16(14)11-5-6-12(2)9-10-15/h12-14H,4-11,15H2,1-3H3. The second-order valence-electron chi connectivity index (χ2n) is 5.55. The fourth-order valence-electron chi connectivity index (χ4n) is 3.02. The summed E-state index contributed by atoms with van der Waals surface area (Å²) in [6.45, 7) is 9.19. The van der Waals surface area contributed by atoms with E-state index in [1.54, 1.807) is 0 Å². The highest BCUT2D eigenvalue weighted by molar-refractivity contribution is 4.84. The first-order chi connectivity index (χ1) is 7.69. The van der Waals surface area contributed by atoms with Gasteiger partial charge in [0, 0.05) is 12.1 Å². The minimum atomic E-state index is 0.808. The van der Waals surface area contributed by atoms with Crippen LogP contribution in [0.2, 0.25) is 0 Å². The van der Waals surface area contributed by atoms with Crippen molar-refractivity contribution in [1.29, 1.82) is 0 Å². The maximum atomic E-state index is 5.58. The molecular weight excluding hydrogens is 196 g/mol. The molecule has 0 aromatic rings. The molecule has 0 spiro atoms. The van der Waals surface area contributed by atoms with Crippen LogP contribution in [0.15, 0.2) is 0 Å². The van der Waals surface area contributed by atoms with Crippen molar-refractivity contribution in [2.24, 2.45) is 11.7 Å². The van der Waals surface area contributed by atoms with Crippen LogP contribution < -0.4 is 5.73 Å². The van der Waals surface area contributed by atoms with E-state index in [0.29, 0.717) is 0 Å². The number of hydrogen-bond donors (Lipinski definition) is 1. The van der Waals surface area contributed by atoms with Crippen LogP contribution in [0.4, 0.5) is 0 Å². The van der Waals surface area contributed by atoms with Gasteiger partial charge in [-0.15, -0.1) is 0 Å². The molecule has 0 amide bonds. The molecule has 3 atom stereocenters. The molecule has 1 saturated heterocycles. The Balaban J connectivity index is 2.20. The number of likely N-dealkylation sites (tertiary alicyclic amines) is 1. The van der Waals surface area contributed by atoms with Crippen LogP contribution in [0.1, 0.15) is 59.3 Å². The Morgan fingerprint density at radius 1 is 1.31 bits per heavy atom. The van der Waals surface area contributed by atoms with Crippen molar-refractivity contribution in [3.63, 3.8) is 0 Å². The first-order valence-electron chi connectivity index (χ1n) is 7.14. The maximum Gasteiger partial charge on any atom is 0.00960 e. The van der Waals surface area contributed by atoms with Crippen LogP contribution in [0.5, 0.6) is 0 Å². The highest BCUT2D eigenvalue weighted by atomic mass is 15.2. The lowest BCUT2D eigenvalue weighted by molar-refractivity contribution is 0.191. The van der Waals surface area contributed by atoms with E-state index in [9.17, 15) is 0 Å². The maximum absolute atomic E-state index is 5.58. The molecule has 0 aromatic carbocycles. The first kappa shape index (κ1) is 14.0. The lowest BCUT2D eigenvalue weighted by Gasteiger charge is -2.28. The molecule has 1 rings (SSSR count). The fraction of sp³-hybridized carbons (Fsp3) is 1.00. The second kappa shape index (κ2) is 7.29. The minimum Gasteiger partial charge on any atom is -0.330 e. The fourth-order valence-corrected chi connectivity index (χ4v) is 3.02. The monoisotopic (exact) mass is 226 g/mol. The average molecular weight is 226 g/mol. The van der Waals surface area contributed by atoms with Gasteiger partial charge in [-0.3, -0.25) is 4.90 Å². The zero-order valence-electron chi connectivity index (χ0n) is 11.4. The highest BCUT2D eigenvalue weighted by Gasteiger charge is 2.28. The predicted molar refractivity (Wildman–Crippen MR) is 71.6 cm³/mol. The van der Waals surface area contributed by atoms with Gasteiger partial charge in [-0.1, -0.05) is 13.8 Å². The SMILES string of the molecule is CCC1CCC(C)N1CCCC(C)CCN. The summed E-state index contributed by atoms with van der Waals surface area (Å²) < 4.78 is 0. The third kappa shape index (κ3) is 4.06. The number of nitrogens with two attached hydrogens (primary N) is 1. The van der Waals surface area contributed by atoms with Crippen LogP contribution in [0, 0.1) is 5.92 Å². The number of hydrogen-bond acceptors (Lipinski definition) is 2. The van der Waals surface area contributed by atoms with Gasteiger partial charge in [0.1, 0.15) is 0 Å². The van der Waals surface area contributed by atoms with E-state index < -0.39 is 0 Å². The Morgan fingerprint density at radius 2 is 2.06 bits per heavy atom. The summed E-state index contributed by atoms with van der Waals surface area (Å²) in [5, 5.41) is 0. The van der Waals surface area contributed by atoms with Gasteiger partial charge in [-0.2, -0.15) is 0 Å². The zero-order chi connectivity index (χ0) is 12.0. The van der Waals surface area contributed by atoms with Gasteiger partial charge >= 0.3 is 0 Å². The van der Waals surface area contributed by atoms with Gasteiger partial charge in [0.05, 0.1) is 0 Å². The van der Waals surface area contributed by atoms with E-state index in [1.807, 2.05) is 0 Å². The first-order valence-corrected chi connectivity index (χ1v) is 7.14. The van der Waals surface area contributed by atoms with Crippen molar-refractivity contribution < 1.29 is 0 Å². The molecule has 16 heavy (non-hydrogen) atoms. The van der Waals surface area contributed by atoms with Crippen molar-refractivity contribution in [1.82, 2.24) is 4.90 Å². The highest BCUT2D eigenvalue weighted by Crippen LogP contribution is 2.26. The molecular formula is C14H30N2. The summed E-state index contributed by atoms with van der Waals surface area (Å²) in [6, 6.07) is 1.68. The molecule has 1 heterocycles. The van der Waals surface area contributed by atoms with E-state index >= 15 is 0 Å². The van der Waals surface area contributed by atoms with Gasteiger partial charge in [0.2, 0.25) is 0 Å². The third-order valence-electron chi connectivity index (χ3n) is 4.20. The molecule has 0 bridgehead atoms. The molecule has 0 aromatic heterocycles. The van der Waals surface area contributed by atoms with Crippen molar-refractivity contribution in [2.45, 2.75) is 71.4 Å². The molecule has 1 fully saturated rings. The van der Waals surface area contributed by atoms with Crippen molar-refractivity contribution in [2.75, 3.05) is 13.1 Å². The van der Waals surface area contributed by atoms with Crippen LogP contribution >= 0.6 is 0 Å². The van der Waals surface area contributed by atoms with E-state index in [4.69, 9.17) is 5.73 Å². The third-order valence-corrected chi connectivity index (χ3v) is 4.20. The molecule has 0 aliphatic carbocycles. The molecule has 2 heteroatoms. The predicted octanol–water partition coefficient (Wildman–Crippen LogP) is 3.01. The molecule has 2 nitrogen and oxygen atoms in total. The number of nitrogens with zero attached hydrogens (tertiary/aromatic N) is 1. The van der Waals surface area contributed by atoms with Gasteiger partial charge in [0.25, 0.3) is 0 Å². The lowest BCUT2D eigenvalue weighted by atomic mass is 10.0. The Kier molecular flexibility index (Phi) is 6.37. The van der Waals surface area contributed by atoms with Crippen LogP contribution in [0.25, 0.3) is 0 Å². The molecule has 96 valence electrons. The molecule has 2 N–H and O–H groups in total. The summed E-state index contributed by atoms with van der Waals surface area (Å²) in [5.74, 6) is 0.808. The summed E-state index contributed by atoms with van der Waals surface area (Å²) in [6.07, 6.45) is 8.02. The summed E-state index contributed by atoms with van der Waals surface area (Å²) >= 11 is 0. The summed E-state index contributed by atoms with van der Waals surface area (Å²) in [7, 11) is 0. The largest absolute Gasteiger partial charge is 0.330 e. The topological polar surface area (TPSA) is 29.3 Å². The van der Waals surface area contributed by atoms with E-state index in [1.165, 1.54) is 45.1 Å². The Hall–Kier alpha value is -0.0800. The van der Waals surface area contributed by atoms with Gasteiger partial charge in [-0.25, -0.2) is 0 Å². The van der Waals surface area contributed by atoms with Crippen molar-refractivity contribution in [3.05, 3.63) is 0 Å². The second-order valence-corrected chi connectivity index (χ2v) is 5.55. The van der Waals surface area contributed by atoms with Crippen LogP contribution in [-0.2, 0) is 0 Å². The van der Waals surface area contributed by atoms with E-state index in [2.05, 4.69) is 25.7 Å². The minimum absolute atomic E-state index is 0.808. The van der Waals surface area contributed by atoms with E-state index in [-0.39, 0.29) is 0 Å². The Morgan fingerprint density at radius 3 is 2.69 bits per heavy atom. The summed E-state index contributed by atoms with van der Waals surface area (Å²) in [4.78, 5) is 2.73. The molecule has 3 unspecified atom stereocenters. The normalized spacial score (nSPS) is 28.5. The van der Waals surface area contributed by atoms with Gasteiger partial charge in [0.15, 0.2) is 0 Å². The molecule has 1 aliphatic rings. The van der Waals surface area contributed by atoms with Gasteiger partial charge in [-0.05, 0) is 64.5 Å². The molecule has 1 aliphatic heterocycles. The van der Waals surface area contributed by atoms with Crippen LogP contribution in [0.3, 0.4) is 0 Å². The number of rotatable bonds is 7. The van der Waals surface area contributed by atoms with Crippen molar-refractivity contribution in [3.8, 4) is 0 Å². The summed E-state index contributed by atoms with van der Waals surface area (Å²) in [5.41, 5.74) is 5.58. The van der Waals surface area contributed by atoms with E-state index in [0.717, 1.165) is 24.5 Å². The van der Waals surface area contributed by atoms with Gasteiger partial charge < -0.3 is 5.73 Å². The quantitative estimate of drug-likeness (QED) is 0.723. The Labute approximate surface area is 102 Å². The average Bonchev–Trinajstić information content (AvgIpc) is 2.60.